The molecular formula is C13H14N4O. The van der Waals surface area contributed by atoms with Crippen LogP contribution in [0.1, 0.15) is 11.5 Å². The molecule has 5 heteroatoms. The van der Waals surface area contributed by atoms with Crippen LogP contribution in [0.25, 0.3) is 22.4 Å². The number of aromatic nitrogens is 3. The Morgan fingerprint density at radius 3 is 2.89 bits per heavy atom. The minimum Gasteiger partial charge on any atom is -0.341 e. The van der Waals surface area contributed by atoms with Gasteiger partial charge in [0.05, 0.1) is 12.2 Å². The van der Waals surface area contributed by atoms with Crippen LogP contribution in [0.4, 0.5) is 0 Å². The molecule has 18 heavy (non-hydrogen) atoms. The standard InChI is InChI=1S/C13H14N4O/c1-8-3-4-10-9(5-8)6-11(17(10)2)13-15-12(7-14)18-16-13/h3-6H,7,14H2,1-2H3. The van der Waals surface area contributed by atoms with E-state index in [4.69, 9.17) is 10.3 Å². The van der Waals surface area contributed by atoms with Crippen molar-refractivity contribution in [2.24, 2.45) is 12.8 Å². The zero-order valence-electron chi connectivity index (χ0n) is 10.3. The van der Waals surface area contributed by atoms with Crippen molar-refractivity contribution >= 4 is 10.9 Å². The Kier molecular flexibility index (Phi) is 2.41. The highest BCUT2D eigenvalue weighted by atomic mass is 16.5. The molecule has 0 atom stereocenters. The Balaban J connectivity index is 2.20. The molecule has 0 aliphatic rings. The van der Waals surface area contributed by atoms with E-state index < -0.39 is 0 Å². The number of fused-ring (bicyclic) bond motifs is 1. The predicted molar refractivity (Wildman–Crippen MR) is 68.8 cm³/mol. The lowest BCUT2D eigenvalue weighted by Gasteiger charge is -1.99. The number of benzene rings is 1. The third-order valence-corrected chi connectivity index (χ3v) is 3.07. The summed E-state index contributed by atoms with van der Waals surface area (Å²) < 4.78 is 7.10. The van der Waals surface area contributed by atoms with E-state index in [0.29, 0.717) is 11.7 Å². The molecule has 0 spiro atoms. The van der Waals surface area contributed by atoms with Crippen LogP contribution in [0.15, 0.2) is 28.8 Å². The number of nitrogens with two attached hydrogens (primary N) is 1. The van der Waals surface area contributed by atoms with E-state index in [9.17, 15) is 0 Å². The first-order valence-electron chi connectivity index (χ1n) is 5.78. The van der Waals surface area contributed by atoms with Crippen LogP contribution in [0, 0.1) is 6.92 Å². The summed E-state index contributed by atoms with van der Waals surface area (Å²) in [6.45, 7) is 2.34. The maximum atomic E-state index is 5.47. The minimum atomic E-state index is 0.260. The van der Waals surface area contributed by atoms with Gasteiger partial charge < -0.3 is 14.8 Å². The molecular weight excluding hydrogens is 228 g/mol. The molecule has 2 N–H and O–H groups in total. The van der Waals surface area contributed by atoms with Crippen LogP contribution >= 0.6 is 0 Å². The molecule has 0 saturated heterocycles. The second-order valence-electron chi connectivity index (χ2n) is 4.37. The molecule has 0 bridgehead atoms. The van der Waals surface area contributed by atoms with Gasteiger partial charge in [-0.2, -0.15) is 4.98 Å². The Hall–Kier alpha value is -2.14. The third-order valence-electron chi connectivity index (χ3n) is 3.07. The molecule has 2 aromatic heterocycles. The number of rotatable bonds is 2. The summed E-state index contributed by atoms with van der Waals surface area (Å²) in [4.78, 5) is 4.25. The van der Waals surface area contributed by atoms with Gasteiger partial charge in [0, 0.05) is 18.0 Å². The van der Waals surface area contributed by atoms with Gasteiger partial charge in [-0.25, -0.2) is 0 Å². The van der Waals surface area contributed by atoms with E-state index >= 15 is 0 Å². The molecule has 0 radical (unpaired) electrons. The van der Waals surface area contributed by atoms with E-state index in [0.717, 1.165) is 11.2 Å². The van der Waals surface area contributed by atoms with Crippen molar-refractivity contribution in [3.63, 3.8) is 0 Å². The fourth-order valence-corrected chi connectivity index (χ4v) is 2.13. The second-order valence-corrected chi connectivity index (χ2v) is 4.37. The molecule has 0 saturated carbocycles. The molecule has 0 unspecified atom stereocenters. The number of hydrogen-bond acceptors (Lipinski definition) is 4. The van der Waals surface area contributed by atoms with E-state index in [1.165, 1.54) is 10.9 Å². The van der Waals surface area contributed by atoms with Gasteiger partial charge in [0.1, 0.15) is 0 Å². The van der Waals surface area contributed by atoms with Gasteiger partial charge in [0.25, 0.3) is 0 Å². The average Bonchev–Trinajstić information content (AvgIpc) is 2.94. The smallest absolute Gasteiger partial charge is 0.240 e. The zero-order valence-corrected chi connectivity index (χ0v) is 10.3. The van der Waals surface area contributed by atoms with Gasteiger partial charge in [-0.05, 0) is 25.1 Å². The fraction of sp³-hybridized carbons (Fsp3) is 0.231. The van der Waals surface area contributed by atoms with Crippen LogP contribution in [0.5, 0.6) is 0 Å². The topological polar surface area (TPSA) is 69.9 Å². The maximum absolute atomic E-state index is 5.47. The normalized spacial score (nSPS) is 11.3. The number of hydrogen-bond donors (Lipinski definition) is 1. The van der Waals surface area contributed by atoms with E-state index in [1.807, 2.05) is 7.05 Å². The first-order chi connectivity index (χ1) is 8.69. The molecule has 2 heterocycles. The van der Waals surface area contributed by atoms with Gasteiger partial charge >= 0.3 is 0 Å². The van der Waals surface area contributed by atoms with Crippen molar-refractivity contribution in [3.05, 3.63) is 35.7 Å². The Bertz CT molecular complexity index is 711. The Morgan fingerprint density at radius 1 is 1.33 bits per heavy atom. The third kappa shape index (κ3) is 1.60. The lowest BCUT2D eigenvalue weighted by Crippen LogP contribution is -1.96. The molecule has 5 nitrogen and oxygen atoms in total. The summed E-state index contributed by atoms with van der Waals surface area (Å²) in [6.07, 6.45) is 0. The van der Waals surface area contributed by atoms with Crippen LogP contribution in [-0.2, 0) is 13.6 Å². The summed E-state index contributed by atoms with van der Waals surface area (Å²) >= 11 is 0. The van der Waals surface area contributed by atoms with Gasteiger partial charge in [-0.15, -0.1) is 0 Å². The molecule has 0 amide bonds. The molecule has 0 aliphatic carbocycles. The SMILES string of the molecule is Cc1ccc2c(c1)cc(-c1noc(CN)n1)n2C. The van der Waals surface area contributed by atoms with Crippen molar-refractivity contribution in [1.29, 1.82) is 0 Å². The lowest BCUT2D eigenvalue weighted by molar-refractivity contribution is 0.380. The molecule has 0 fully saturated rings. The van der Waals surface area contributed by atoms with Crippen LogP contribution in [0.3, 0.4) is 0 Å². The van der Waals surface area contributed by atoms with Crippen molar-refractivity contribution in [1.82, 2.24) is 14.7 Å². The van der Waals surface area contributed by atoms with Gasteiger partial charge in [-0.1, -0.05) is 16.8 Å². The van der Waals surface area contributed by atoms with Crippen LogP contribution < -0.4 is 5.73 Å². The maximum Gasteiger partial charge on any atom is 0.240 e. The average molecular weight is 242 g/mol. The highest BCUT2D eigenvalue weighted by Crippen LogP contribution is 2.25. The zero-order chi connectivity index (χ0) is 12.7. The van der Waals surface area contributed by atoms with Crippen molar-refractivity contribution in [2.45, 2.75) is 13.5 Å². The largest absolute Gasteiger partial charge is 0.341 e. The number of aryl methyl sites for hydroxylation is 2. The quantitative estimate of drug-likeness (QED) is 0.746. The Morgan fingerprint density at radius 2 is 2.17 bits per heavy atom. The second kappa shape index (κ2) is 3.96. The highest BCUT2D eigenvalue weighted by Gasteiger charge is 2.13. The summed E-state index contributed by atoms with van der Waals surface area (Å²) in [5, 5.41) is 5.12. The molecule has 1 aromatic carbocycles. The first-order valence-corrected chi connectivity index (χ1v) is 5.78. The van der Waals surface area contributed by atoms with Crippen molar-refractivity contribution < 1.29 is 4.52 Å². The summed E-state index contributed by atoms with van der Waals surface area (Å²) in [6, 6.07) is 8.39. The molecule has 0 aliphatic heterocycles. The van der Waals surface area contributed by atoms with Crippen LogP contribution in [-0.4, -0.2) is 14.7 Å². The van der Waals surface area contributed by atoms with E-state index in [1.54, 1.807) is 0 Å². The molecule has 3 aromatic rings. The summed E-state index contributed by atoms with van der Waals surface area (Å²) in [5.41, 5.74) is 8.78. The highest BCUT2D eigenvalue weighted by molar-refractivity contribution is 5.86. The fourth-order valence-electron chi connectivity index (χ4n) is 2.13. The predicted octanol–water partition coefficient (Wildman–Crippen LogP) is 2.00. The Labute approximate surface area is 104 Å². The van der Waals surface area contributed by atoms with E-state index in [-0.39, 0.29) is 6.54 Å². The van der Waals surface area contributed by atoms with Crippen LogP contribution in [0.2, 0.25) is 0 Å². The van der Waals surface area contributed by atoms with Gasteiger partial charge in [-0.3, -0.25) is 0 Å². The molecule has 3 rings (SSSR count). The van der Waals surface area contributed by atoms with E-state index in [2.05, 4.69) is 45.9 Å². The van der Waals surface area contributed by atoms with Gasteiger partial charge in [0.2, 0.25) is 11.7 Å². The molecule has 92 valence electrons. The lowest BCUT2D eigenvalue weighted by atomic mass is 10.2. The van der Waals surface area contributed by atoms with Crippen molar-refractivity contribution in [3.8, 4) is 11.5 Å². The van der Waals surface area contributed by atoms with Gasteiger partial charge in [0.15, 0.2) is 0 Å². The summed E-state index contributed by atoms with van der Waals surface area (Å²) in [5.74, 6) is 1.03. The van der Waals surface area contributed by atoms with Crippen molar-refractivity contribution in [2.75, 3.05) is 0 Å². The first kappa shape index (κ1) is 11.0. The minimum absolute atomic E-state index is 0.260. The summed E-state index contributed by atoms with van der Waals surface area (Å²) in [7, 11) is 1.99. The number of nitrogens with zero attached hydrogens (tertiary/aromatic N) is 3. The monoisotopic (exact) mass is 242 g/mol.